The van der Waals surface area contributed by atoms with Crippen LogP contribution in [0.2, 0.25) is 5.02 Å². The molecule has 0 amide bonds. The Hall–Kier alpha value is -0.730. The number of anilines is 1. The maximum absolute atomic E-state index is 9.43. The van der Waals surface area contributed by atoms with E-state index in [0.717, 1.165) is 29.4 Å². The Kier molecular flexibility index (Phi) is 3.17. The largest absolute Gasteiger partial charge is 0.389 e. The third-order valence-electron chi connectivity index (χ3n) is 2.90. The molecule has 1 aliphatic rings. The van der Waals surface area contributed by atoms with E-state index < -0.39 is 6.10 Å². The lowest BCUT2D eigenvalue weighted by Crippen LogP contribution is -2.18. The van der Waals surface area contributed by atoms with Gasteiger partial charge >= 0.3 is 0 Å². The highest BCUT2D eigenvalue weighted by molar-refractivity contribution is 6.33. The van der Waals surface area contributed by atoms with Gasteiger partial charge in [-0.05, 0) is 37.5 Å². The summed E-state index contributed by atoms with van der Waals surface area (Å²) in [6.45, 7) is 3.93. The first-order valence-corrected chi connectivity index (χ1v) is 5.79. The normalized spacial score (nSPS) is 18.2. The minimum atomic E-state index is -0.449. The van der Waals surface area contributed by atoms with Crippen molar-refractivity contribution in [1.82, 2.24) is 0 Å². The Labute approximate surface area is 95.5 Å². The van der Waals surface area contributed by atoms with E-state index in [9.17, 15) is 5.11 Å². The summed E-state index contributed by atoms with van der Waals surface area (Å²) < 4.78 is 0. The molecule has 1 N–H and O–H groups in total. The van der Waals surface area contributed by atoms with Crippen LogP contribution in [0.5, 0.6) is 0 Å². The zero-order valence-corrected chi connectivity index (χ0v) is 9.67. The van der Waals surface area contributed by atoms with Gasteiger partial charge in [-0.1, -0.05) is 17.7 Å². The van der Waals surface area contributed by atoms with Crippen molar-refractivity contribution in [2.24, 2.45) is 0 Å². The third kappa shape index (κ3) is 2.27. The van der Waals surface area contributed by atoms with Crippen LogP contribution in [0.4, 0.5) is 5.69 Å². The van der Waals surface area contributed by atoms with E-state index in [4.69, 9.17) is 11.6 Å². The van der Waals surface area contributed by atoms with Crippen LogP contribution in [0.15, 0.2) is 18.2 Å². The van der Waals surface area contributed by atoms with E-state index in [-0.39, 0.29) is 0 Å². The molecule has 0 aromatic heterocycles. The first kappa shape index (κ1) is 10.8. The van der Waals surface area contributed by atoms with Crippen LogP contribution in [0.1, 0.15) is 31.4 Å². The third-order valence-corrected chi connectivity index (χ3v) is 3.20. The summed E-state index contributed by atoms with van der Waals surface area (Å²) in [7, 11) is 0. The molecule has 1 aromatic rings. The summed E-state index contributed by atoms with van der Waals surface area (Å²) >= 11 is 6.20. The number of hydrogen-bond donors (Lipinski definition) is 1. The van der Waals surface area contributed by atoms with Crippen molar-refractivity contribution in [1.29, 1.82) is 0 Å². The molecular weight excluding hydrogens is 210 g/mol. The second-order valence-corrected chi connectivity index (χ2v) is 4.49. The predicted molar refractivity (Wildman–Crippen MR) is 63.5 cm³/mol. The first-order valence-electron chi connectivity index (χ1n) is 5.41. The summed E-state index contributed by atoms with van der Waals surface area (Å²) in [5, 5.41) is 10.2. The maximum atomic E-state index is 9.43. The van der Waals surface area contributed by atoms with Crippen LogP contribution in [0, 0.1) is 0 Å². The Morgan fingerprint density at radius 1 is 1.33 bits per heavy atom. The molecule has 0 aliphatic carbocycles. The van der Waals surface area contributed by atoms with Gasteiger partial charge in [-0.15, -0.1) is 0 Å². The SMILES string of the molecule is CC(O)c1ccc(N2CCCC2)c(Cl)c1. The summed E-state index contributed by atoms with van der Waals surface area (Å²) in [5.74, 6) is 0. The molecule has 15 heavy (non-hydrogen) atoms. The van der Waals surface area contributed by atoms with Gasteiger partial charge in [0.2, 0.25) is 0 Å². The zero-order valence-electron chi connectivity index (χ0n) is 8.91. The molecule has 2 rings (SSSR count). The molecule has 3 heteroatoms. The average Bonchev–Trinajstić information content (AvgIpc) is 2.70. The lowest BCUT2D eigenvalue weighted by molar-refractivity contribution is 0.199. The Balaban J connectivity index is 2.25. The van der Waals surface area contributed by atoms with Gasteiger partial charge < -0.3 is 10.0 Å². The highest BCUT2D eigenvalue weighted by Crippen LogP contribution is 2.30. The quantitative estimate of drug-likeness (QED) is 0.837. The van der Waals surface area contributed by atoms with Crippen molar-refractivity contribution < 1.29 is 5.11 Å². The second-order valence-electron chi connectivity index (χ2n) is 4.08. The Bertz CT molecular complexity index is 345. The average molecular weight is 226 g/mol. The molecule has 0 spiro atoms. The summed E-state index contributed by atoms with van der Waals surface area (Å²) in [5.41, 5.74) is 1.97. The predicted octanol–water partition coefficient (Wildman–Crippen LogP) is 2.99. The molecule has 1 unspecified atom stereocenters. The smallest absolute Gasteiger partial charge is 0.0762 e. The molecule has 1 aromatic carbocycles. The maximum Gasteiger partial charge on any atom is 0.0762 e. The van der Waals surface area contributed by atoms with Gasteiger partial charge in [0.15, 0.2) is 0 Å². The Morgan fingerprint density at radius 2 is 2.00 bits per heavy atom. The molecular formula is C12H16ClNO. The van der Waals surface area contributed by atoms with E-state index in [0.29, 0.717) is 0 Å². The molecule has 1 atom stereocenters. The van der Waals surface area contributed by atoms with Gasteiger partial charge in [-0.3, -0.25) is 0 Å². The topological polar surface area (TPSA) is 23.5 Å². The molecule has 0 saturated carbocycles. The fraction of sp³-hybridized carbons (Fsp3) is 0.500. The monoisotopic (exact) mass is 225 g/mol. The van der Waals surface area contributed by atoms with E-state index in [1.807, 2.05) is 18.2 Å². The van der Waals surface area contributed by atoms with Crippen molar-refractivity contribution in [2.45, 2.75) is 25.9 Å². The van der Waals surface area contributed by atoms with Crippen LogP contribution in [-0.2, 0) is 0 Å². The van der Waals surface area contributed by atoms with E-state index >= 15 is 0 Å². The minimum absolute atomic E-state index is 0.449. The molecule has 1 saturated heterocycles. The molecule has 0 bridgehead atoms. The van der Waals surface area contributed by atoms with Crippen molar-refractivity contribution in [3.63, 3.8) is 0 Å². The minimum Gasteiger partial charge on any atom is -0.389 e. The van der Waals surface area contributed by atoms with Gasteiger partial charge in [0.05, 0.1) is 16.8 Å². The highest BCUT2D eigenvalue weighted by Gasteiger charge is 2.15. The van der Waals surface area contributed by atoms with E-state index in [1.54, 1.807) is 6.92 Å². The summed E-state index contributed by atoms with van der Waals surface area (Å²) in [6.07, 6.45) is 2.04. The number of aliphatic hydroxyl groups excluding tert-OH is 1. The number of nitrogens with zero attached hydrogens (tertiary/aromatic N) is 1. The van der Waals surface area contributed by atoms with Crippen LogP contribution in [0.25, 0.3) is 0 Å². The van der Waals surface area contributed by atoms with Crippen molar-refractivity contribution in [3.05, 3.63) is 28.8 Å². The first-order chi connectivity index (χ1) is 7.18. The Morgan fingerprint density at radius 3 is 2.53 bits per heavy atom. The standard InChI is InChI=1S/C12H16ClNO/c1-9(15)10-4-5-12(11(13)8-10)14-6-2-3-7-14/h4-5,8-9,15H,2-3,6-7H2,1H3. The van der Waals surface area contributed by atoms with E-state index in [2.05, 4.69) is 4.90 Å². The molecule has 1 heterocycles. The van der Waals surface area contributed by atoms with Crippen molar-refractivity contribution in [2.75, 3.05) is 18.0 Å². The van der Waals surface area contributed by atoms with E-state index in [1.165, 1.54) is 12.8 Å². The van der Waals surface area contributed by atoms with Gasteiger partial charge in [-0.2, -0.15) is 0 Å². The second kappa shape index (κ2) is 4.42. The number of aliphatic hydroxyl groups is 1. The fourth-order valence-corrected chi connectivity index (χ4v) is 2.31. The van der Waals surface area contributed by atoms with Gasteiger partial charge in [0.1, 0.15) is 0 Å². The van der Waals surface area contributed by atoms with Crippen molar-refractivity contribution in [3.8, 4) is 0 Å². The number of hydrogen-bond acceptors (Lipinski definition) is 2. The summed E-state index contributed by atoms with van der Waals surface area (Å²) in [4.78, 5) is 2.30. The van der Waals surface area contributed by atoms with Crippen LogP contribution < -0.4 is 4.90 Å². The lowest BCUT2D eigenvalue weighted by Gasteiger charge is -2.20. The molecule has 1 fully saturated rings. The van der Waals surface area contributed by atoms with Crippen molar-refractivity contribution >= 4 is 17.3 Å². The number of benzene rings is 1. The molecule has 82 valence electrons. The molecule has 0 radical (unpaired) electrons. The summed E-state index contributed by atoms with van der Waals surface area (Å²) in [6, 6.07) is 5.82. The fourth-order valence-electron chi connectivity index (χ4n) is 2.00. The van der Waals surface area contributed by atoms with Gasteiger partial charge in [-0.25, -0.2) is 0 Å². The zero-order chi connectivity index (χ0) is 10.8. The lowest BCUT2D eigenvalue weighted by atomic mass is 10.1. The van der Waals surface area contributed by atoms with Crippen LogP contribution in [-0.4, -0.2) is 18.2 Å². The number of halogens is 1. The molecule has 1 aliphatic heterocycles. The van der Waals surface area contributed by atoms with Gasteiger partial charge in [0, 0.05) is 13.1 Å². The van der Waals surface area contributed by atoms with Gasteiger partial charge in [0.25, 0.3) is 0 Å². The van der Waals surface area contributed by atoms with Crippen LogP contribution >= 0.6 is 11.6 Å². The van der Waals surface area contributed by atoms with Crippen LogP contribution in [0.3, 0.4) is 0 Å². The highest BCUT2D eigenvalue weighted by atomic mass is 35.5. The number of rotatable bonds is 2. The molecule has 2 nitrogen and oxygen atoms in total.